The Morgan fingerprint density at radius 2 is 1.92 bits per heavy atom. The van der Waals surface area contributed by atoms with Crippen molar-refractivity contribution in [1.82, 2.24) is 4.98 Å². The molecule has 134 valence electrons. The summed E-state index contributed by atoms with van der Waals surface area (Å²) in [6.45, 7) is 8.98. The topological polar surface area (TPSA) is 65.5 Å². The Labute approximate surface area is 148 Å². The van der Waals surface area contributed by atoms with Crippen LogP contribution in [-0.4, -0.2) is 28.4 Å². The van der Waals surface area contributed by atoms with Crippen molar-refractivity contribution in [2.24, 2.45) is 0 Å². The van der Waals surface area contributed by atoms with Crippen molar-refractivity contribution in [2.45, 2.75) is 72.0 Å². The normalized spacial score (nSPS) is 12.6. The molecule has 0 saturated heterocycles. The summed E-state index contributed by atoms with van der Waals surface area (Å²) in [5.74, 6) is -0.188. The monoisotopic (exact) mass is 355 g/mol. The molecule has 0 fully saturated rings. The molecule has 0 aliphatic heterocycles. The van der Waals surface area contributed by atoms with Crippen LogP contribution in [0.2, 0.25) is 5.15 Å². The van der Waals surface area contributed by atoms with Crippen LogP contribution in [0.25, 0.3) is 0 Å². The number of esters is 1. The fourth-order valence-electron chi connectivity index (χ4n) is 2.19. The lowest BCUT2D eigenvalue weighted by atomic mass is 10.1. The minimum absolute atomic E-state index is 0.142. The van der Waals surface area contributed by atoms with Gasteiger partial charge >= 0.3 is 5.97 Å². The van der Waals surface area contributed by atoms with Gasteiger partial charge in [-0.1, -0.05) is 24.9 Å². The second kappa shape index (κ2) is 9.02. The summed E-state index contributed by atoms with van der Waals surface area (Å²) in [5, 5.41) is 0.261. The van der Waals surface area contributed by atoms with E-state index in [1.165, 1.54) is 6.92 Å². The van der Waals surface area contributed by atoms with E-state index < -0.39 is 5.60 Å². The lowest BCUT2D eigenvalue weighted by Gasteiger charge is -2.22. The van der Waals surface area contributed by atoms with Crippen LogP contribution in [-0.2, 0) is 9.53 Å². The van der Waals surface area contributed by atoms with Gasteiger partial charge in [-0.15, -0.1) is 0 Å². The van der Waals surface area contributed by atoms with Gasteiger partial charge in [0.25, 0.3) is 0 Å². The van der Waals surface area contributed by atoms with Crippen molar-refractivity contribution in [3.05, 3.63) is 22.8 Å². The van der Waals surface area contributed by atoms with Gasteiger partial charge in [0.15, 0.2) is 5.78 Å². The number of halogens is 1. The molecule has 0 N–H and O–H groups in total. The zero-order valence-electron chi connectivity index (χ0n) is 15.0. The minimum Gasteiger partial charge on any atom is -0.474 e. The number of hydrogen-bond donors (Lipinski definition) is 0. The third kappa shape index (κ3) is 7.30. The van der Waals surface area contributed by atoms with Gasteiger partial charge in [-0.05, 0) is 52.7 Å². The van der Waals surface area contributed by atoms with Crippen LogP contribution in [0.4, 0.5) is 0 Å². The van der Waals surface area contributed by atoms with Gasteiger partial charge in [-0.2, -0.15) is 0 Å². The third-order valence-electron chi connectivity index (χ3n) is 3.18. The average molecular weight is 356 g/mol. The van der Waals surface area contributed by atoms with E-state index in [-0.39, 0.29) is 35.3 Å². The molecule has 1 unspecified atom stereocenters. The van der Waals surface area contributed by atoms with E-state index >= 15 is 0 Å². The van der Waals surface area contributed by atoms with Crippen LogP contribution in [0, 0.1) is 0 Å². The molecule has 0 aliphatic rings. The van der Waals surface area contributed by atoms with E-state index in [1.54, 1.807) is 12.1 Å². The van der Waals surface area contributed by atoms with Gasteiger partial charge in [0.1, 0.15) is 16.9 Å². The molecule has 6 heteroatoms. The highest BCUT2D eigenvalue weighted by molar-refractivity contribution is 6.29. The number of carbonyl (C=O) groups is 2. The molecule has 5 nitrogen and oxygen atoms in total. The van der Waals surface area contributed by atoms with Crippen molar-refractivity contribution in [3.63, 3.8) is 0 Å². The number of Topliss-reactive ketones (excluding diaryl/α,β-unsaturated/α-hetero) is 1. The SMILES string of the molecule is CCCC(CCC(=O)OC(C)(C)C)Oc1nc(Cl)ccc1C(C)=O. The lowest BCUT2D eigenvalue weighted by molar-refractivity contribution is -0.155. The molecule has 1 aromatic heterocycles. The molecule has 0 aliphatic carbocycles. The molecule has 0 saturated carbocycles. The number of rotatable bonds is 8. The molecule has 0 spiro atoms. The smallest absolute Gasteiger partial charge is 0.306 e. The van der Waals surface area contributed by atoms with Gasteiger partial charge in [0, 0.05) is 6.42 Å². The molecule has 0 amide bonds. The maximum Gasteiger partial charge on any atom is 0.306 e. The summed E-state index contributed by atoms with van der Waals surface area (Å²) in [6, 6.07) is 3.16. The van der Waals surface area contributed by atoms with Crippen molar-refractivity contribution < 1.29 is 19.1 Å². The zero-order chi connectivity index (χ0) is 18.3. The summed E-state index contributed by atoms with van der Waals surface area (Å²) < 4.78 is 11.2. The first kappa shape index (κ1) is 20.4. The van der Waals surface area contributed by atoms with E-state index in [2.05, 4.69) is 4.98 Å². The largest absolute Gasteiger partial charge is 0.474 e. The number of hydrogen-bond acceptors (Lipinski definition) is 5. The van der Waals surface area contributed by atoms with Gasteiger partial charge in [0.2, 0.25) is 5.88 Å². The summed E-state index contributed by atoms with van der Waals surface area (Å²) in [5.41, 5.74) is -0.119. The highest BCUT2D eigenvalue weighted by atomic mass is 35.5. The Bertz CT molecular complexity index is 581. The third-order valence-corrected chi connectivity index (χ3v) is 3.40. The fraction of sp³-hybridized carbons (Fsp3) is 0.611. The van der Waals surface area contributed by atoms with Crippen molar-refractivity contribution in [1.29, 1.82) is 0 Å². The first-order valence-corrected chi connectivity index (χ1v) is 8.56. The highest BCUT2D eigenvalue weighted by Crippen LogP contribution is 2.23. The Hall–Kier alpha value is -1.62. The van der Waals surface area contributed by atoms with Crippen LogP contribution in [0.5, 0.6) is 5.88 Å². The summed E-state index contributed by atoms with van der Waals surface area (Å²) >= 11 is 5.91. The molecule has 1 aromatic rings. The van der Waals surface area contributed by atoms with E-state index in [1.807, 2.05) is 27.7 Å². The first-order chi connectivity index (χ1) is 11.1. The quantitative estimate of drug-likeness (QED) is 0.387. The number of pyridine rings is 1. The predicted molar refractivity (Wildman–Crippen MR) is 93.7 cm³/mol. The van der Waals surface area contributed by atoms with Gasteiger partial charge < -0.3 is 9.47 Å². The molecular weight excluding hydrogens is 330 g/mol. The molecule has 1 heterocycles. The van der Waals surface area contributed by atoms with E-state index in [9.17, 15) is 9.59 Å². The van der Waals surface area contributed by atoms with Crippen molar-refractivity contribution >= 4 is 23.4 Å². The summed E-state index contributed by atoms with van der Waals surface area (Å²) in [4.78, 5) is 27.7. The maximum absolute atomic E-state index is 11.9. The highest BCUT2D eigenvalue weighted by Gasteiger charge is 2.20. The summed E-state index contributed by atoms with van der Waals surface area (Å²) in [6.07, 6.45) is 2.14. The standard InChI is InChI=1S/C18H26ClNO4/c1-6-7-13(8-11-16(22)24-18(3,4)5)23-17-14(12(2)21)9-10-15(19)20-17/h9-10,13H,6-8,11H2,1-5H3. The lowest BCUT2D eigenvalue weighted by Crippen LogP contribution is -2.26. The molecule has 1 rings (SSSR count). The molecule has 0 radical (unpaired) electrons. The van der Waals surface area contributed by atoms with Gasteiger partial charge in [0.05, 0.1) is 5.56 Å². The van der Waals surface area contributed by atoms with Crippen molar-refractivity contribution in [2.75, 3.05) is 0 Å². The van der Waals surface area contributed by atoms with Crippen LogP contribution >= 0.6 is 11.6 Å². The Morgan fingerprint density at radius 3 is 2.46 bits per heavy atom. The van der Waals surface area contributed by atoms with Crippen LogP contribution in [0.15, 0.2) is 12.1 Å². The fourth-order valence-corrected chi connectivity index (χ4v) is 2.33. The van der Waals surface area contributed by atoms with E-state index in [0.717, 1.165) is 12.8 Å². The number of ether oxygens (including phenoxy) is 2. The van der Waals surface area contributed by atoms with E-state index in [4.69, 9.17) is 21.1 Å². The zero-order valence-corrected chi connectivity index (χ0v) is 15.8. The van der Waals surface area contributed by atoms with Gasteiger partial charge in [-0.25, -0.2) is 4.98 Å². The predicted octanol–water partition coefficient (Wildman–Crippen LogP) is 4.61. The minimum atomic E-state index is -0.505. The average Bonchev–Trinajstić information content (AvgIpc) is 2.43. The number of ketones is 1. The number of nitrogens with zero attached hydrogens (tertiary/aromatic N) is 1. The number of aromatic nitrogens is 1. The Balaban J connectivity index is 2.78. The van der Waals surface area contributed by atoms with Crippen LogP contribution < -0.4 is 4.74 Å². The second-order valence-electron chi connectivity index (χ2n) is 6.70. The number of carbonyl (C=O) groups excluding carboxylic acids is 2. The maximum atomic E-state index is 11.9. The van der Waals surface area contributed by atoms with E-state index in [0.29, 0.717) is 12.0 Å². The van der Waals surface area contributed by atoms with Crippen molar-refractivity contribution in [3.8, 4) is 5.88 Å². The van der Waals surface area contributed by atoms with Gasteiger partial charge in [-0.3, -0.25) is 9.59 Å². The molecule has 1 atom stereocenters. The Morgan fingerprint density at radius 1 is 1.25 bits per heavy atom. The second-order valence-corrected chi connectivity index (χ2v) is 7.08. The molecular formula is C18H26ClNO4. The first-order valence-electron chi connectivity index (χ1n) is 8.18. The van der Waals surface area contributed by atoms with Crippen LogP contribution in [0.3, 0.4) is 0 Å². The molecule has 0 bridgehead atoms. The van der Waals surface area contributed by atoms with Crippen LogP contribution in [0.1, 0.15) is 70.7 Å². The molecule has 0 aromatic carbocycles. The summed E-state index contributed by atoms with van der Waals surface area (Å²) in [7, 11) is 0. The molecule has 24 heavy (non-hydrogen) atoms. The Kier molecular flexibility index (Phi) is 7.67.